The number of carbonyl (C=O) groups excluding carboxylic acids is 1. The zero-order valence-electron chi connectivity index (χ0n) is 13.3. The minimum atomic E-state index is 0.126. The van der Waals surface area contributed by atoms with Crippen molar-refractivity contribution in [2.24, 2.45) is 5.92 Å². The topological polar surface area (TPSA) is 59.8 Å². The standard InChI is InChI=1S/C18H18N4OS/c1-12-5-6-17(24-12)15-8-16(15)18(23)20-9-13-3-2-4-14(7-13)22-11-19-10-21-22/h2-7,10-11,15-16H,8-9H2,1H3,(H,20,23)/t15-,16-/m1/s1. The second-order valence-corrected chi connectivity index (χ2v) is 7.44. The van der Waals surface area contributed by atoms with E-state index in [0.29, 0.717) is 12.5 Å². The molecule has 0 bridgehead atoms. The molecule has 1 N–H and O–H groups in total. The molecule has 0 radical (unpaired) electrons. The molecule has 122 valence electrons. The zero-order valence-corrected chi connectivity index (χ0v) is 14.2. The molecule has 1 fully saturated rings. The normalized spacial score (nSPS) is 19.2. The van der Waals surface area contributed by atoms with Crippen molar-refractivity contribution in [2.75, 3.05) is 0 Å². The van der Waals surface area contributed by atoms with Gasteiger partial charge in [-0.1, -0.05) is 12.1 Å². The van der Waals surface area contributed by atoms with Crippen LogP contribution < -0.4 is 5.32 Å². The van der Waals surface area contributed by atoms with Gasteiger partial charge in [-0.15, -0.1) is 11.3 Å². The third-order valence-electron chi connectivity index (χ3n) is 4.31. The highest BCUT2D eigenvalue weighted by Crippen LogP contribution is 2.49. The molecular weight excluding hydrogens is 320 g/mol. The van der Waals surface area contributed by atoms with E-state index in [1.54, 1.807) is 22.3 Å². The summed E-state index contributed by atoms with van der Waals surface area (Å²) in [5, 5.41) is 7.19. The van der Waals surface area contributed by atoms with Crippen LogP contribution in [0.15, 0.2) is 49.1 Å². The molecule has 0 aliphatic heterocycles. The van der Waals surface area contributed by atoms with Crippen LogP contribution in [0.25, 0.3) is 5.69 Å². The van der Waals surface area contributed by atoms with Crippen molar-refractivity contribution in [3.63, 3.8) is 0 Å². The number of nitrogens with one attached hydrogen (secondary N) is 1. The largest absolute Gasteiger partial charge is 0.352 e. The summed E-state index contributed by atoms with van der Waals surface area (Å²) < 4.78 is 1.71. The van der Waals surface area contributed by atoms with Gasteiger partial charge in [0.25, 0.3) is 0 Å². The van der Waals surface area contributed by atoms with Crippen molar-refractivity contribution in [1.82, 2.24) is 20.1 Å². The van der Waals surface area contributed by atoms with E-state index in [9.17, 15) is 4.79 Å². The number of amides is 1. The van der Waals surface area contributed by atoms with Crippen LogP contribution in [0.2, 0.25) is 0 Å². The fraction of sp³-hybridized carbons (Fsp3) is 0.278. The molecule has 1 aliphatic carbocycles. The van der Waals surface area contributed by atoms with Crippen molar-refractivity contribution >= 4 is 17.2 Å². The van der Waals surface area contributed by atoms with Gasteiger partial charge in [-0.2, -0.15) is 5.10 Å². The Labute approximate surface area is 144 Å². The summed E-state index contributed by atoms with van der Waals surface area (Å²) in [6.45, 7) is 2.64. The summed E-state index contributed by atoms with van der Waals surface area (Å²) in [5.74, 6) is 0.684. The molecule has 2 aromatic heterocycles. The van der Waals surface area contributed by atoms with Crippen molar-refractivity contribution in [3.8, 4) is 5.69 Å². The fourth-order valence-electron chi connectivity index (χ4n) is 2.92. The van der Waals surface area contributed by atoms with Crippen molar-refractivity contribution in [3.05, 3.63) is 64.4 Å². The summed E-state index contributed by atoms with van der Waals surface area (Å²) in [7, 11) is 0. The van der Waals surface area contributed by atoms with Crippen LogP contribution in [-0.4, -0.2) is 20.7 Å². The first kappa shape index (κ1) is 15.1. The zero-order chi connectivity index (χ0) is 16.5. The number of carbonyl (C=O) groups is 1. The third kappa shape index (κ3) is 3.10. The fourth-order valence-corrected chi connectivity index (χ4v) is 3.98. The highest BCUT2D eigenvalue weighted by molar-refractivity contribution is 7.12. The first-order valence-corrected chi connectivity index (χ1v) is 8.80. The number of benzene rings is 1. The molecule has 1 saturated carbocycles. The summed E-state index contributed by atoms with van der Waals surface area (Å²) in [6, 6.07) is 12.2. The van der Waals surface area contributed by atoms with E-state index in [4.69, 9.17) is 0 Å². The average Bonchev–Trinajstić information content (AvgIpc) is 3.00. The van der Waals surface area contributed by atoms with E-state index >= 15 is 0 Å². The van der Waals surface area contributed by atoms with Gasteiger partial charge in [0.15, 0.2) is 0 Å². The van der Waals surface area contributed by atoms with Gasteiger partial charge in [0.05, 0.1) is 5.69 Å². The van der Waals surface area contributed by atoms with Crippen LogP contribution in [0, 0.1) is 12.8 Å². The van der Waals surface area contributed by atoms with Crippen molar-refractivity contribution in [1.29, 1.82) is 0 Å². The molecule has 4 rings (SSSR count). The van der Waals surface area contributed by atoms with E-state index < -0.39 is 0 Å². The molecule has 5 nitrogen and oxygen atoms in total. The van der Waals surface area contributed by atoms with Gasteiger partial charge in [0.2, 0.25) is 5.91 Å². The Morgan fingerprint density at radius 2 is 2.29 bits per heavy atom. The maximum atomic E-state index is 12.3. The summed E-state index contributed by atoms with van der Waals surface area (Å²) >= 11 is 1.80. The van der Waals surface area contributed by atoms with Gasteiger partial charge >= 0.3 is 0 Å². The molecular formula is C18H18N4OS. The van der Waals surface area contributed by atoms with E-state index in [1.807, 2.05) is 24.3 Å². The Balaban J connectivity index is 1.36. The maximum Gasteiger partial charge on any atom is 0.224 e. The van der Waals surface area contributed by atoms with Crippen LogP contribution >= 0.6 is 11.3 Å². The van der Waals surface area contributed by atoms with Crippen LogP contribution in [0.4, 0.5) is 0 Å². The number of hydrogen-bond donors (Lipinski definition) is 1. The second kappa shape index (κ2) is 6.20. The van der Waals surface area contributed by atoms with Gasteiger partial charge in [-0.25, -0.2) is 9.67 Å². The highest BCUT2D eigenvalue weighted by atomic mass is 32.1. The van der Waals surface area contributed by atoms with Gasteiger partial charge in [0.1, 0.15) is 12.7 Å². The minimum Gasteiger partial charge on any atom is -0.352 e. The quantitative estimate of drug-likeness (QED) is 0.778. The molecule has 0 unspecified atom stereocenters. The predicted octanol–water partition coefficient (Wildman–Crippen LogP) is 3.06. The van der Waals surface area contributed by atoms with Crippen molar-refractivity contribution < 1.29 is 4.79 Å². The molecule has 1 amide bonds. The maximum absolute atomic E-state index is 12.3. The van der Waals surface area contributed by atoms with Crippen LogP contribution in [-0.2, 0) is 11.3 Å². The number of hydrogen-bond acceptors (Lipinski definition) is 4. The molecule has 24 heavy (non-hydrogen) atoms. The van der Waals surface area contributed by atoms with Crippen molar-refractivity contribution in [2.45, 2.75) is 25.8 Å². The van der Waals surface area contributed by atoms with Gasteiger partial charge < -0.3 is 5.32 Å². The molecule has 1 aromatic carbocycles. The first-order valence-electron chi connectivity index (χ1n) is 7.99. The lowest BCUT2D eigenvalue weighted by molar-refractivity contribution is -0.122. The number of rotatable bonds is 5. The first-order chi connectivity index (χ1) is 11.7. The van der Waals surface area contributed by atoms with Crippen LogP contribution in [0.1, 0.15) is 27.7 Å². The second-order valence-electron chi connectivity index (χ2n) is 6.12. The van der Waals surface area contributed by atoms with Crippen LogP contribution in [0.3, 0.4) is 0 Å². The Hall–Kier alpha value is -2.47. The number of nitrogens with zero attached hydrogens (tertiary/aromatic N) is 3. The summed E-state index contributed by atoms with van der Waals surface area (Å²) in [5.41, 5.74) is 2.00. The summed E-state index contributed by atoms with van der Waals surface area (Å²) in [4.78, 5) is 18.9. The molecule has 3 aromatic rings. The Morgan fingerprint density at radius 1 is 1.38 bits per heavy atom. The third-order valence-corrected chi connectivity index (χ3v) is 5.45. The molecule has 2 heterocycles. The van der Waals surface area contributed by atoms with Gasteiger partial charge in [0, 0.05) is 28.1 Å². The molecule has 1 aliphatic rings. The SMILES string of the molecule is Cc1ccc([C@@H]2C[C@H]2C(=O)NCc2cccc(-n3cncn3)c2)s1. The Morgan fingerprint density at radius 3 is 3.04 bits per heavy atom. The highest BCUT2D eigenvalue weighted by Gasteiger charge is 2.44. The Kier molecular flexibility index (Phi) is 3.90. The molecule has 0 spiro atoms. The monoisotopic (exact) mass is 338 g/mol. The van der Waals surface area contributed by atoms with E-state index in [1.165, 1.54) is 16.1 Å². The van der Waals surface area contributed by atoms with E-state index in [0.717, 1.165) is 17.7 Å². The molecule has 6 heteroatoms. The number of thiophene rings is 1. The minimum absolute atomic E-state index is 0.126. The predicted molar refractivity (Wildman–Crippen MR) is 93.1 cm³/mol. The number of aryl methyl sites for hydroxylation is 1. The van der Waals surface area contributed by atoms with Crippen LogP contribution in [0.5, 0.6) is 0 Å². The van der Waals surface area contributed by atoms with E-state index in [-0.39, 0.29) is 11.8 Å². The lowest BCUT2D eigenvalue weighted by Gasteiger charge is -2.07. The molecule has 2 atom stereocenters. The Bertz CT molecular complexity index is 856. The van der Waals surface area contributed by atoms with Gasteiger partial charge in [-0.3, -0.25) is 4.79 Å². The lowest BCUT2D eigenvalue weighted by Crippen LogP contribution is -2.24. The van der Waals surface area contributed by atoms with Gasteiger partial charge in [-0.05, 0) is 43.2 Å². The molecule has 0 saturated heterocycles. The lowest BCUT2D eigenvalue weighted by atomic mass is 10.2. The average molecular weight is 338 g/mol. The summed E-state index contributed by atoms with van der Waals surface area (Å²) in [6.07, 6.45) is 4.13. The van der Waals surface area contributed by atoms with E-state index in [2.05, 4.69) is 34.5 Å². The number of aromatic nitrogens is 3. The smallest absolute Gasteiger partial charge is 0.224 e.